The van der Waals surface area contributed by atoms with Gasteiger partial charge in [-0.15, -0.1) is 13.2 Å². The Morgan fingerprint density at radius 1 is 0.714 bits per heavy atom. The number of alkyl halides is 5. The highest BCUT2D eigenvalue weighted by Crippen LogP contribution is 2.41. The number of ether oxygens (including phenoxy) is 3. The Morgan fingerprint density at radius 2 is 1.31 bits per heavy atom. The van der Waals surface area contributed by atoms with E-state index in [1.54, 1.807) is 0 Å². The molecule has 1 fully saturated rings. The van der Waals surface area contributed by atoms with Gasteiger partial charge in [-0.2, -0.15) is 8.78 Å². The van der Waals surface area contributed by atoms with Crippen LogP contribution in [0.1, 0.15) is 49.7 Å². The van der Waals surface area contributed by atoms with Crippen molar-refractivity contribution in [3.8, 4) is 22.6 Å². The lowest BCUT2D eigenvalue weighted by atomic mass is 9.79. The summed E-state index contributed by atoms with van der Waals surface area (Å²) in [4.78, 5) is 0. The molecule has 0 radical (unpaired) electrons. The van der Waals surface area contributed by atoms with Gasteiger partial charge in [-0.05, 0) is 92.0 Å². The number of hydrogen-bond acceptors (Lipinski definition) is 3. The molecule has 0 atom stereocenters. The average Bonchev–Trinajstić information content (AvgIpc) is 2.88. The second-order valence-electron chi connectivity index (χ2n) is 9.81. The molecule has 0 saturated heterocycles. The van der Waals surface area contributed by atoms with E-state index in [9.17, 15) is 43.9 Å². The van der Waals surface area contributed by atoms with Crippen molar-refractivity contribution < 1.29 is 58.1 Å². The van der Waals surface area contributed by atoms with Crippen LogP contribution in [0.2, 0.25) is 0 Å². The molecule has 1 aliphatic carbocycles. The summed E-state index contributed by atoms with van der Waals surface area (Å²) in [6, 6.07) is 4.17. The Bertz CT molecular complexity index is 1370. The van der Waals surface area contributed by atoms with Gasteiger partial charge in [0.2, 0.25) is 5.75 Å². The van der Waals surface area contributed by atoms with Crippen molar-refractivity contribution in [1.82, 2.24) is 0 Å². The summed E-state index contributed by atoms with van der Waals surface area (Å²) >= 11 is 0. The summed E-state index contributed by atoms with van der Waals surface area (Å²) in [5, 5.41) is 0. The standard InChI is InChI=1S/C29H24F10O3/c1-2-40-14-15-3-5-16(6-4-15)17-9-22(31)26(23(32)10-17)28(35,36)41-19-7-8-20(21(30)13-19)18-11-24(33)27(25(34)12-18)42-29(37,38)39/h7-13,15-16H,2-6,14H2,1H3. The van der Waals surface area contributed by atoms with E-state index in [2.05, 4.69) is 9.47 Å². The highest BCUT2D eigenvalue weighted by molar-refractivity contribution is 5.66. The SMILES string of the molecule is CCOCC1CCC(c2cc(F)c(C(F)(F)Oc3ccc(-c4cc(F)c(OC(F)(F)F)c(F)c4)c(F)c3)c(F)c2)CC1. The van der Waals surface area contributed by atoms with E-state index in [1.807, 2.05) is 6.92 Å². The Balaban J connectivity index is 1.51. The predicted octanol–water partition coefficient (Wildman–Crippen LogP) is 9.39. The third-order valence-electron chi connectivity index (χ3n) is 6.94. The van der Waals surface area contributed by atoms with Gasteiger partial charge < -0.3 is 14.2 Å². The second-order valence-corrected chi connectivity index (χ2v) is 9.81. The summed E-state index contributed by atoms with van der Waals surface area (Å²) in [6.45, 7) is 3.02. The number of rotatable bonds is 9. The molecule has 228 valence electrons. The van der Waals surface area contributed by atoms with Crippen molar-refractivity contribution in [3.63, 3.8) is 0 Å². The summed E-state index contributed by atoms with van der Waals surface area (Å²) in [7, 11) is 0. The van der Waals surface area contributed by atoms with Gasteiger partial charge in [0, 0.05) is 24.8 Å². The van der Waals surface area contributed by atoms with E-state index in [1.165, 1.54) is 0 Å². The van der Waals surface area contributed by atoms with Crippen LogP contribution in [0.15, 0.2) is 42.5 Å². The van der Waals surface area contributed by atoms with Crippen LogP contribution in [0.5, 0.6) is 11.5 Å². The molecular weight excluding hydrogens is 586 g/mol. The molecule has 13 heteroatoms. The molecule has 3 aromatic rings. The molecule has 4 rings (SSSR count). The van der Waals surface area contributed by atoms with Gasteiger partial charge in [-0.3, -0.25) is 0 Å². The summed E-state index contributed by atoms with van der Waals surface area (Å²) in [5.74, 6) is -10.7. The Kier molecular flexibility index (Phi) is 9.29. The van der Waals surface area contributed by atoms with Gasteiger partial charge in [-0.25, -0.2) is 22.0 Å². The Labute approximate surface area is 234 Å². The zero-order chi connectivity index (χ0) is 30.8. The van der Waals surface area contributed by atoms with E-state index < -0.39 is 69.7 Å². The van der Waals surface area contributed by atoms with Crippen molar-refractivity contribution in [2.45, 2.75) is 51.0 Å². The van der Waals surface area contributed by atoms with E-state index >= 15 is 0 Å². The minimum absolute atomic E-state index is 0.223. The topological polar surface area (TPSA) is 27.7 Å². The van der Waals surface area contributed by atoms with Crippen LogP contribution in [0, 0.1) is 35.0 Å². The fraction of sp³-hybridized carbons (Fsp3) is 0.379. The van der Waals surface area contributed by atoms with Crippen LogP contribution in [0.4, 0.5) is 43.9 Å². The maximum absolute atomic E-state index is 14.9. The van der Waals surface area contributed by atoms with Gasteiger partial charge in [0.25, 0.3) is 0 Å². The molecule has 0 aliphatic heterocycles. The van der Waals surface area contributed by atoms with Crippen LogP contribution >= 0.6 is 0 Å². The molecule has 0 spiro atoms. The molecule has 3 nitrogen and oxygen atoms in total. The lowest BCUT2D eigenvalue weighted by molar-refractivity contribution is -0.276. The maximum atomic E-state index is 14.9. The van der Waals surface area contributed by atoms with E-state index in [-0.39, 0.29) is 11.5 Å². The van der Waals surface area contributed by atoms with Gasteiger partial charge >= 0.3 is 12.5 Å². The largest absolute Gasteiger partial charge is 0.573 e. The van der Waals surface area contributed by atoms with Crippen molar-refractivity contribution in [1.29, 1.82) is 0 Å². The molecule has 1 saturated carbocycles. The Morgan fingerprint density at radius 3 is 1.83 bits per heavy atom. The second kappa shape index (κ2) is 12.4. The lowest BCUT2D eigenvalue weighted by Gasteiger charge is -2.29. The van der Waals surface area contributed by atoms with Gasteiger partial charge in [0.05, 0.1) is 0 Å². The first-order valence-corrected chi connectivity index (χ1v) is 12.9. The third kappa shape index (κ3) is 7.29. The fourth-order valence-electron chi connectivity index (χ4n) is 4.97. The highest BCUT2D eigenvalue weighted by atomic mass is 19.4. The molecule has 0 unspecified atom stereocenters. The monoisotopic (exact) mass is 610 g/mol. The minimum atomic E-state index is -5.40. The lowest BCUT2D eigenvalue weighted by Crippen LogP contribution is -2.26. The van der Waals surface area contributed by atoms with Gasteiger partial charge in [-0.1, -0.05) is 0 Å². The van der Waals surface area contributed by atoms with Gasteiger partial charge in [0.15, 0.2) is 11.6 Å². The number of hydrogen-bond donors (Lipinski definition) is 0. The van der Waals surface area contributed by atoms with Crippen LogP contribution in [0.25, 0.3) is 11.1 Å². The first-order valence-electron chi connectivity index (χ1n) is 12.9. The maximum Gasteiger partial charge on any atom is 0.573 e. The predicted molar refractivity (Wildman–Crippen MR) is 131 cm³/mol. The van der Waals surface area contributed by atoms with E-state index in [4.69, 9.17) is 4.74 Å². The third-order valence-corrected chi connectivity index (χ3v) is 6.94. The van der Waals surface area contributed by atoms with E-state index in [0.29, 0.717) is 50.2 Å². The zero-order valence-corrected chi connectivity index (χ0v) is 21.9. The molecule has 3 aromatic carbocycles. The molecule has 0 N–H and O–H groups in total. The summed E-state index contributed by atoms with van der Waals surface area (Å²) in [6.07, 6.45) is -7.30. The first-order chi connectivity index (χ1) is 19.7. The van der Waals surface area contributed by atoms with Crippen LogP contribution in [-0.2, 0) is 10.8 Å². The van der Waals surface area contributed by atoms with Crippen molar-refractivity contribution >= 4 is 0 Å². The number of halogens is 10. The molecular formula is C29H24F10O3. The summed E-state index contributed by atoms with van der Waals surface area (Å²) in [5.41, 5.74) is -2.65. The minimum Gasteiger partial charge on any atom is -0.429 e. The molecule has 0 amide bonds. The zero-order valence-electron chi connectivity index (χ0n) is 21.9. The van der Waals surface area contributed by atoms with Crippen LogP contribution in [-0.4, -0.2) is 19.6 Å². The first kappa shape index (κ1) is 31.5. The smallest absolute Gasteiger partial charge is 0.429 e. The molecule has 0 heterocycles. The fourth-order valence-corrected chi connectivity index (χ4v) is 4.97. The van der Waals surface area contributed by atoms with Gasteiger partial charge in [0.1, 0.15) is 28.8 Å². The van der Waals surface area contributed by atoms with Crippen LogP contribution < -0.4 is 9.47 Å². The molecule has 42 heavy (non-hydrogen) atoms. The Hall–Kier alpha value is -3.48. The molecule has 1 aliphatic rings. The van der Waals surface area contributed by atoms with Crippen molar-refractivity contribution in [3.05, 3.63) is 82.7 Å². The van der Waals surface area contributed by atoms with Crippen molar-refractivity contribution in [2.24, 2.45) is 5.92 Å². The molecule has 0 bridgehead atoms. The van der Waals surface area contributed by atoms with Crippen molar-refractivity contribution in [2.75, 3.05) is 13.2 Å². The summed E-state index contributed by atoms with van der Waals surface area (Å²) < 4.78 is 152. The number of benzene rings is 3. The van der Waals surface area contributed by atoms with E-state index in [0.717, 1.165) is 37.1 Å². The molecule has 0 aromatic heterocycles. The highest BCUT2D eigenvalue weighted by Gasteiger charge is 2.42. The normalized spacial score (nSPS) is 17.8. The van der Waals surface area contributed by atoms with Crippen LogP contribution in [0.3, 0.4) is 0 Å². The average molecular weight is 610 g/mol. The quantitative estimate of drug-likeness (QED) is 0.226.